The molecule has 17 heavy (non-hydrogen) atoms. The van der Waals surface area contributed by atoms with Gasteiger partial charge in [0.1, 0.15) is 5.75 Å². The first-order chi connectivity index (χ1) is 8.23. The number of epoxide rings is 2. The lowest BCUT2D eigenvalue weighted by molar-refractivity contribution is 0.400. The van der Waals surface area contributed by atoms with E-state index in [1.807, 2.05) is 30.3 Å². The second-order valence-electron chi connectivity index (χ2n) is 4.49. The third-order valence-corrected chi connectivity index (χ3v) is 5.25. The molecule has 0 amide bonds. The zero-order valence-corrected chi connectivity index (χ0v) is 10.3. The first-order valence-corrected chi connectivity index (χ1v) is 7.79. The lowest BCUT2D eigenvalue weighted by Gasteiger charge is -2.18. The van der Waals surface area contributed by atoms with Gasteiger partial charge in [0.25, 0.3) is 7.37 Å². The van der Waals surface area contributed by atoms with Crippen molar-refractivity contribution >= 4 is 7.37 Å². The largest absolute Gasteiger partial charge is 0.443 e. The number of ether oxygens (including phenoxy) is 2. The molecule has 0 radical (unpaired) electrons. The first-order valence-electron chi connectivity index (χ1n) is 5.79. The van der Waals surface area contributed by atoms with Crippen LogP contribution in [0, 0.1) is 0 Å². The summed E-state index contributed by atoms with van der Waals surface area (Å²) in [5.41, 5.74) is 0. The Bertz CT molecular complexity index is 407. The second-order valence-corrected chi connectivity index (χ2v) is 7.04. The lowest BCUT2D eigenvalue weighted by atomic mass is 10.3. The van der Waals surface area contributed by atoms with Crippen LogP contribution in [0.2, 0.25) is 0 Å². The topological polar surface area (TPSA) is 51.4 Å². The molecule has 0 aromatic heterocycles. The minimum Gasteiger partial charge on any atom is -0.443 e. The Hall–Kier alpha value is -0.830. The Morgan fingerprint density at radius 1 is 1.12 bits per heavy atom. The summed E-state index contributed by atoms with van der Waals surface area (Å²) < 4.78 is 28.7. The first kappa shape index (κ1) is 11.3. The molecule has 2 atom stereocenters. The molecule has 1 aromatic carbocycles. The van der Waals surface area contributed by atoms with Crippen LogP contribution in [0.1, 0.15) is 0 Å². The molecule has 1 aromatic rings. The van der Waals surface area contributed by atoms with E-state index in [1.54, 1.807) is 0 Å². The van der Waals surface area contributed by atoms with Gasteiger partial charge in [-0.15, -0.1) is 0 Å². The highest BCUT2D eigenvalue weighted by Gasteiger charge is 2.40. The molecular formula is C12H15O4P. The molecule has 0 N–H and O–H groups in total. The number of hydrogen-bond donors (Lipinski definition) is 0. The maximum Gasteiger partial charge on any atom is 0.253 e. The van der Waals surface area contributed by atoms with Crippen LogP contribution >= 0.6 is 7.37 Å². The number of benzene rings is 1. The number of hydrogen-bond acceptors (Lipinski definition) is 4. The fourth-order valence-corrected chi connectivity index (χ4v) is 4.26. The van der Waals surface area contributed by atoms with E-state index in [1.165, 1.54) is 0 Å². The van der Waals surface area contributed by atoms with Gasteiger partial charge in [0.2, 0.25) is 0 Å². The monoisotopic (exact) mass is 254 g/mol. The number of para-hydroxylation sites is 1. The average Bonchev–Trinajstić information content (AvgIpc) is 3.17. The van der Waals surface area contributed by atoms with Gasteiger partial charge in [-0.05, 0) is 12.1 Å². The molecule has 2 aliphatic rings. The molecule has 5 heteroatoms. The summed E-state index contributed by atoms with van der Waals surface area (Å²) >= 11 is 0. The molecule has 0 spiro atoms. The predicted molar refractivity (Wildman–Crippen MR) is 63.9 cm³/mol. The molecule has 0 saturated carbocycles. The molecule has 0 aliphatic carbocycles. The molecule has 3 rings (SSSR count). The third kappa shape index (κ3) is 3.32. The van der Waals surface area contributed by atoms with Crippen molar-refractivity contribution in [3.63, 3.8) is 0 Å². The van der Waals surface area contributed by atoms with Crippen molar-refractivity contribution < 1.29 is 18.6 Å². The third-order valence-electron chi connectivity index (χ3n) is 2.78. The summed E-state index contributed by atoms with van der Waals surface area (Å²) in [7, 11) is -2.68. The van der Waals surface area contributed by atoms with Crippen LogP contribution in [-0.2, 0) is 14.0 Å². The SMILES string of the molecule is O=P(CC1CO1)(CC1CO1)Oc1ccccc1. The highest BCUT2D eigenvalue weighted by molar-refractivity contribution is 7.59. The van der Waals surface area contributed by atoms with E-state index in [9.17, 15) is 4.57 Å². The molecule has 2 heterocycles. The molecule has 4 nitrogen and oxygen atoms in total. The van der Waals surface area contributed by atoms with E-state index in [0.29, 0.717) is 31.3 Å². The molecule has 92 valence electrons. The maximum atomic E-state index is 12.7. The van der Waals surface area contributed by atoms with E-state index in [2.05, 4.69) is 0 Å². The summed E-state index contributed by atoms with van der Waals surface area (Å²) in [6.45, 7) is 1.40. The Morgan fingerprint density at radius 2 is 1.65 bits per heavy atom. The van der Waals surface area contributed by atoms with Crippen LogP contribution in [0.15, 0.2) is 30.3 Å². The Labute approximate surface area is 100 Å². The zero-order chi connectivity index (χ0) is 11.7. The van der Waals surface area contributed by atoms with Crippen LogP contribution < -0.4 is 4.52 Å². The molecule has 2 unspecified atom stereocenters. The van der Waals surface area contributed by atoms with Gasteiger partial charge in [-0.25, -0.2) is 0 Å². The van der Waals surface area contributed by atoms with Crippen LogP contribution in [0.25, 0.3) is 0 Å². The summed E-state index contributed by atoms with van der Waals surface area (Å²) in [5, 5.41) is 0. The van der Waals surface area contributed by atoms with Crippen LogP contribution in [0.5, 0.6) is 5.75 Å². The standard InChI is InChI=1S/C12H15O4P/c13-17(8-11-6-14-11,9-12-7-15-12)16-10-4-2-1-3-5-10/h1-5,11-12H,6-9H2. The molecule has 0 bridgehead atoms. The van der Waals surface area contributed by atoms with Gasteiger partial charge in [-0.2, -0.15) is 0 Å². The van der Waals surface area contributed by atoms with E-state index in [0.717, 1.165) is 0 Å². The molecule has 2 saturated heterocycles. The molecular weight excluding hydrogens is 239 g/mol. The summed E-state index contributed by atoms with van der Waals surface area (Å²) in [4.78, 5) is 0. The highest BCUT2D eigenvalue weighted by atomic mass is 31.2. The van der Waals surface area contributed by atoms with Crippen molar-refractivity contribution in [1.29, 1.82) is 0 Å². The van der Waals surface area contributed by atoms with Gasteiger partial charge >= 0.3 is 0 Å². The van der Waals surface area contributed by atoms with Crippen molar-refractivity contribution in [2.24, 2.45) is 0 Å². The van der Waals surface area contributed by atoms with Crippen molar-refractivity contribution in [2.75, 3.05) is 25.5 Å². The minimum absolute atomic E-state index is 0.114. The predicted octanol–water partition coefficient (Wildman–Crippen LogP) is 2.14. The van der Waals surface area contributed by atoms with Crippen LogP contribution in [0.3, 0.4) is 0 Å². The van der Waals surface area contributed by atoms with Gasteiger partial charge in [-0.1, -0.05) is 18.2 Å². The van der Waals surface area contributed by atoms with Gasteiger partial charge in [-0.3, -0.25) is 4.57 Å². The quantitative estimate of drug-likeness (QED) is 0.576. The summed E-state index contributed by atoms with van der Waals surface area (Å²) in [5.74, 6) is 0.664. The van der Waals surface area contributed by atoms with E-state index >= 15 is 0 Å². The smallest absolute Gasteiger partial charge is 0.253 e. The number of rotatable bonds is 6. The Balaban J connectivity index is 1.70. The van der Waals surface area contributed by atoms with Crippen molar-refractivity contribution in [1.82, 2.24) is 0 Å². The second kappa shape index (κ2) is 4.45. The fraction of sp³-hybridized carbons (Fsp3) is 0.500. The van der Waals surface area contributed by atoms with Crippen molar-refractivity contribution in [3.05, 3.63) is 30.3 Å². The van der Waals surface area contributed by atoms with Gasteiger partial charge < -0.3 is 14.0 Å². The Morgan fingerprint density at radius 3 is 2.12 bits per heavy atom. The summed E-state index contributed by atoms with van der Waals surface area (Å²) in [6.07, 6.45) is 1.23. The van der Waals surface area contributed by atoms with Gasteiger partial charge in [0.15, 0.2) is 0 Å². The normalized spacial score (nSPS) is 29.4. The highest BCUT2D eigenvalue weighted by Crippen LogP contribution is 2.51. The zero-order valence-electron chi connectivity index (χ0n) is 9.45. The van der Waals surface area contributed by atoms with Gasteiger partial charge in [0.05, 0.1) is 37.7 Å². The van der Waals surface area contributed by atoms with Crippen LogP contribution in [0.4, 0.5) is 0 Å². The van der Waals surface area contributed by atoms with Gasteiger partial charge in [0, 0.05) is 0 Å². The lowest BCUT2D eigenvalue weighted by Crippen LogP contribution is -2.10. The Kier molecular flexibility index (Phi) is 2.95. The molecule has 2 aliphatic heterocycles. The molecule has 2 fully saturated rings. The summed E-state index contributed by atoms with van der Waals surface area (Å²) in [6, 6.07) is 9.32. The van der Waals surface area contributed by atoms with E-state index in [4.69, 9.17) is 14.0 Å². The average molecular weight is 254 g/mol. The van der Waals surface area contributed by atoms with E-state index in [-0.39, 0.29) is 12.2 Å². The van der Waals surface area contributed by atoms with E-state index < -0.39 is 7.37 Å². The maximum absolute atomic E-state index is 12.7. The van der Waals surface area contributed by atoms with Crippen LogP contribution in [-0.4, -0.2) is 37.7 Å². The van der Waals surface area contributed by atoms with Crippen molar-refractivity contribution in [2.45, 2.75) is 12.2 Å². The fourth-order valence-electron chi connectivity index (χ4n) is 1.79. The minimum atomic E-state index is -2.68. The van der Waals surface area contributed by atoms with Crippen molar-refractivity contribution in [3.8, 4) is 5.75 Å².